The van der Waals surface area contributed by atoms with Crippen molar-refractivity contribution < 1.29 is 19.1 Å². The minimum Gasteiger partial charge on any atom is -0.484 e. The van der Waals surface area contributed by atoms with Gasteiger partial charge in [-0.3, -0.25) is 14.4 Å². The zero-order valence-corrected chi connectivity index (χ0v) is 19.1. The predicted octanol–water partition coefficient (Wildman–Crippen LogP) is 3.43. The Hall–Kier alpha value is -4.17. The third kappa shape index (κ3) is 7.75. The fourth-order valence-corrected chi connectivity index (χ4v) is 2.94. The molecule has 3 amide bonds. The molecule has 34 heavy (non-hydrogen) atoms. The molecule has 0 aromatic heterocycles. The highest BCUT2D eigenvalue weighted by atomic mass is 35.5. The van der Waals surface area contributed by atoms with Gasteiger partial charge in [-0.15, -0.1) is 0 Å². The number of carbonyl (C=O) groups is 3. The van der Waals surface area contributed by atoms with Gasteiger partial charge in [-0.1, -0.05) is 60.1 Å². The number of hydrogen-bond donors (Lipinski definition) is 3. The van der Waals surface area contributed by atoms with Gasteiger partial charge in [0, 0.05) is 17.3 Å². The number of hydrogen-bond acceptors (Lipinski definition) is 5. The fraction of sp³-hybridized carbons (Fsp3) is 0.120. The lowest BCUT2D eigenvalue weighted by Crippen LogP contribution is -2.32. The number of aryl methyl sites for hydroxylation is 1. The van der Waals surface area contributed by atoms with E-state index in [0.29, 0.717) is 28.6 Å². The van der Waals surface area contributed by atoms with E-state index in [1.165, 1.54) is 6.21 Å². The first-order valence-electron chi connectivity index (χ1n) is 10.3. The van der Waals surface area contributed by atoms with Crippen LogP contribution < -0.4 is 20.8 Å². The molecule has 0 spiro atoms. The topological polar surface area (TPSA) is 109 Å². The molecule has 0 fully saturated rings. The largest absolute Gasteiger partial charge is 0.484 e. The van der Waals surface area contributed by atoms with Crippen LogP contribution in [-0.2, 0) is 20.9 Å². The first kappa shape index (κ1) is 24.5. The third-order valence-corrected chi connectivity index (χ3v) is 4.98. The summed E-state index contributed by atoms with van der Waals surface area (Å²) in [6, 6.07) is 21.3. The Balaban J connectivity index is 1.45. The van der Waals surface area contributed by atoms with E-state index in [1.807, 2.05) is 37.3 Å². The Morgan fingerprint density at radius 3 is 2.53 bits per heavy atom. The second-order valence-corrected chi connectivity index (χ2v) is 7.65. The Labute approximate surface area is 202 Å². The van der Waals surface area contributed by atoms with Crippen LogP contribution in [0.5, 0.6) is 5.75 Å². The predicted molar refractivity (Wildman–Crippen MR) is 131 cm³/mol. The van der Waals surface area contributed by atoms with E-state index in [2.05, 4.69) is 21.2 Å². The molecule has 8 nitrogen and oxygen atoms in total. The summed E-state index contributed by atoms with van der Waals surface area (Å²) in [7, 11) is 0. The number of rotatable bonds is 8. The van der Waals surface area contributed by atoms with Crippen LogP contribution in [0, 0.1) is 6.92 Å². The number of halogens is 1. The summed E-state index contributed by atoms with van der Waals surface area (Å²) in [5.74, 6) is -1.61. The Kier molecular flexibility index (Phi) is 8.76. The molecule has 9 heteroatoms. The van der Waals surface area contributed by atoms with Crippen molar-refractivity contribution in [3.05, 3.63) is 94.5 Å². The quantitative estimate of drug-likeness (QED) is 0.262. The van der Waals surface area contributed by atoms with Crippen LogP contribution in [0.15, 0.2) is 77.9 Å². The molecule has 0 aliphatic heterocycles. The normalized spacial score (nSPS) is 10.5. The zero-order valence-electron chi connectivity index (χ0n) is 18.4. The SMILES string of the molecule is Cc1ccc(NC(=O)C(=O)N/N=C\c2cccc(OCC(=O)NCc3ccccc3)c2)cc1Cl. The average Bonchev–Trinajstić information content (AvgIpc) is 2.84. The van der Waals surface area contributed by atoms with E-state index in [9.17, 15) is 14.4 Å². The summed E-state index contributed by atoms with van der Waals surface area (Å²) in [6.45, 7) is 2.10. The lowest BCUT2D eigenvalue weighted by Gasteiger charge is -2.08. The standard InChI is InChI=1S/C25H23ClN4O4/c1-17-10-11-20(13-22(17)26)29-24(32)25(33)30-28-15-19-8-5-9-21(12-19)34-16-23(31)27-14-18-6-3-2-4-7-18/h2-13,15H,14,16H2,1H3,(H,27,31)(H,29,32)(H,30,33)/b28-15-. The van der Waals surface area contributed by atoms with Gasteiger partial charge < -0.3 is 15.4 Å². The van der Waals surface area contributed by atoms with Gasteiger partial charge in [-0.25, -0.2) is 5.43 Å². The number of amides is 3. The van der Waals surface area contributed by atoms with Crippen molar-refractivity contribution >= 4 is 41.2 Å². The molecule has 0 aliphatic carbocycles. The third-order valence-electron chi connectivity index (χ3n) is 4.58. The summed E-state index contributed by atoms with van der Waals surface area (Å²) < 4.78 is 5.51. The van der Waals surface area contributed by atoms with E-state index in [0.717, 1.165) is 11.1 Å². The van der Waals surface area contributed by atoms with Crippen LogP contribution in [0.3, 0.4) is 0 Å². The molecule has 3 aromatic carbocycles. The van der Waals surface area contributed by atoms with E-state index >= 15 is 0 Å². The highest BCUT2D eigenvalue weighted by Gasteiger charge is 2.13. The molecule has 0 heterocycles. The molecule has 0 saturated carbocycles. The Bertz CT molecular complexity index is 1200. The molecule has 0 radical (unpaired) electrons. The van der Waals surface area contributed by atoms with Gasteiger partial charge in [-0.2, -0.15) is 5.10 Å². The first-order valence-corrected chi connectivity index (χ1v) is 10.7. The smallest absolute Gasteiger partial charge is 0.329 e. The van der Waals surface area contributed by atoms with Gasteiger partial charge in [0.2, 0.25) is 0 Å². The van der Waals surface area contributed by atoms with Crippen molar-refractivity contribution in [2.75, 3.05) is 11.9 Å². The van der Waals surface area contributed by atoms with Crippen molar-refractivity contribution in [3.63, 3.8) is 0 Å². The van der Waals surface area contributed by atoms with Gasteiger partial charge in [0.05, 0.1) is 6.21 Å². The molecule has 3 rings (SSSR count). The van der Waals surface area contributed by atoms with Crippen molar-refractivity contribution in [3.8, 4) is 5.75 Å². The fourth-order valence-electron chi connectivity index (χ4n) is 2.76. The van der Waals surface area contributed by atoms with Crippen molar-refractivity contribution in [1.29, 1.82) is 0 Å². The van der Waals surface area contributed by atoms with Crippen molar-refractivity contribution in [2.24, 2.45) is 5.10 Å². The van der Waals surface area contributed by atoms with E-state index in [1.54, 1.807) is 42.5 Å². The highest BCUT2D eigenvalue weighted by Crippen LogP contribution is 2.19. The van der Waals surface area contributed by atoms with E-state index in [4.69, 9.17) is 16.3 Å². The summed E-state index contributed by atoms with van der Waals surface area (Å²) in [4.78, 5) is 36.0. The van der Waals surface area contributed by atoms with Crippen molar-refractivity contribution in [1.82, 2.24) is 10.7 Å². The van der Waals surface area contributed by atoms with Crippen LogP contribution in [0.2, 0.25) is 5.02 Å². The molecule has 0 unspecified atom stereocenters. The second-order valence-electron chi connectivity index (χ2n) is 7.24. The lowest BCUT2D eigenvalue weighted by molar-refractivity contribution is -0.136. The number of nitrogens with one attached hydrogen (secondary N) is 3. The Morgan fingerprint density at radius 2 is 1.76 bits per heavy atom. The number of anilines is 1. The summed E-state index contributed by atoms with van der Waals surface area (Å²) in [5, 5.41) is 9.50. The molecule has 3 aromatic rings. The number of carbonyl (C=O) groups excluding carboxylic acids is 3. The maximum absolute atomic E-state index is 12.0. The molecule has 174 valence electrons. The van der Waals surface area contributed by atoms with Crippen LogP contribution >= 0.6 is 11.6 Å². The van der Waals surface area contributed by atoms with Crippen LogP contribution in [-0.4, -0.2) is 30.5 Å². The minimum absolute atomic E-state index is 0.145. The zero-order chi connectivity index (χ0) is 24.3. The highest BCUT2D eigenvalue weighted by molar-refractivity contribution is 6.39. The summed E-state index contributed by atoms with van der Waals surface area (Å²) in [5.41, 5.74) is 5.01. The molecule has 0 saturated heterocycles. The maximum atomic E-state index is 12.0. The van der Waals surface area contributed by atoms with Gasteiger partial charge in [0.15, 0.2) is 6.61 Å². The second kappa shape index (κ2) is 12.2. The van der Waals surface area contributed by atoms with E-state index < -0.39 is 11.8 Å². The number of benzene rings is 3. The van der Waals surface area contributed by atoms with Crippen LogP contribution in [0.1, 0.15) is 16.7 Å². The van der Waals surface area contributed by atoms with Gasteiger partial charge in [0.25, 0.3) is 5.91 Å². The summed E-state index contributed by atoms with van der Waals surface area (Å²) >= 11 is 6.01. The minimum atomic E-state index is -0.935. The van der Waals surface area contributed by atoms with Gasteiger partial charge in [0.1, 0.15) is 5.75 Å². The lowest BCUT2D eigenvalue weighted by atomic mass is 10.2. The number of ether oxygens (including phenoxy) is 1. The maximum Gasteiger partial charge on any atom is 0.329 e. The van der Waals surface area contributed by atoms with Gasteiger partial charge in [-0.05, 0) is 47.9 Å². The molecule has 3 N–H and O–H groups in total. The average molecular weight is 479 g/mol. The number of hydrazone groups is 1. The molecular weight excluding hydrogens is 456 g/mol. The molecule has 0 atom stereocenters. The first-order chi connectivity index (χ1) is 16.4. The molecule has 0 aliphatic rings. The van der Waals surface area contributed by atoms with E-state index in [-0.39, 0.29) is 12.5 Å². The summed E-state index contributed by atoms with van der Waals surface area (Å²) in [6.07, 6.45) is 1.36. The monoisotopic (exact) mass is 478 g/mol. The van der Waals surface area contributed by atoms with Crippen LogP contribution in [0.4, 0.5) is 5.69 Å². The molecule has 0 bridgehead atoms. The molecular formula is C25H23ClN4O4. The van der Waals surface area contributed by atoms with Gasteiger partial charge >= 0.3 is 11.8 Å². The Morgan fingerprint density at radius 1 is 0.971 bits per heavy atom. The van der Waals surface area contributed by atoms with Crippen molar-refractivity contribution in [2.45, 2.75) is 13.5 Å². The van der Waals surface area contributed by atoms with Crippen LogP contribution in [0.25, 0.3) is 0 Å². The number of nitrogens with zero attached hydrogens (tertiary/aromatic N) is 1.